The summed E-state index contributed by atoms with van der Waals surface area (Å²) in [7, 11) is 2.20. The van der Waals surface area contributed by atoms with Gasteiger partial charge in [-0.3, -0.25) is 4.99 Å². The van der Waals surface area contributed by atoms with Gasteiger partial charge in [0.1, 0.15) is 0 Å². The number of aliphatic imine (C=N–C) groups is 1. The van der Waals surface area contributed by atoms with Gasteiger partial charge in [-0.05, 0) is 57.6 Å². The zero-order valence-corrected chi connectivity index (χ0v) is 21.0. The molecule has 1 saturated heterocycles. The molecule has 160 valence electrons. The highest BCUT2D eigenvalue weighted by molar-refractivity contribution is 14.0. The Hall–Kier alpha value is -0.220. The highest BCUT2D eigenvalue weighted by Crippen LogP contribution is 2.19. The van der Waals surface area contributed by atoms with Crippen LogP contribution in [0.15, 0.2) is 34.2 Å². The normalized spacial score (nSPS) is 15.9. The van der Waals surface area contributed by atoms with Crippen molar-refractivity contribution < 1.29 is 0 Å². The summed E-state index contributed by atoms with van der Waals surface area (Å²) >= 11 is 7.74. The summed E-state index contributed by atoms with van der Waals surface area (Å²) in [6.07, 6.45) is 2.36. The van der Waals surface area contributed by atoms with Crippen molar-refractivity contribution >= 4 is 53.3 Å². The Bertz CT molecular complexity index is 550. The Balaban J connectivity index is 0.00000392. The van der Waals surface area contributed by atoms with Gasteiger partial charge in [-0.2, -0.15) is 0 Å². The van der Waals surface area contributed by atoms with Crippen LogP contribution >= 0.6 is 47.3 Å². The molecule has 1 aromatic carbocycles. The molecule has 0 bridgehead atoms. The molecule has 0 unspecified atom stereocenters. The fourth-order valence-corrected chi connectivity index (χ4v) is 3.81. The van der Waals surface area contributed by atoms with Gasteiger partial charge in [0.2, 0.25) is 0 Å². The molecular weight excluding hydrogens is 505 g/mol. The number of piperazine rings is 1. The van der Waals surface area contributed by atoms with Crippen LogP contribution in [0.25, 0.3) is 0 Å². The van der Waals surface area contributed by atoms with Crippen molar-refractivity contribution in [2.75, 3.05) is 65.2 Å². The lowest BCUT2D eigenvalue weighted by Crippen LogP contribution is -2.44. The lowest BCUT2D eigenvalue weighted by Gasteiger charge is -2.32. The summed E-state index contributed by atoms with van der Waals surface area (Å²) in [6, 6.07) is 8.00. The SMILES string of the molecule is CCNC(=NCCCCN1CCN(C)CC1)NCCSc1ccc(Cl)cc1.I. The van der Waals surface area contributed by atoms with Gasteiger partial charge in [-0.15, -0.1) is 35.7 Å². The summed E-state index contributed by atoms with van der Waals surface area (Å²) < 4.78 is 0. The molecule has 0 amide bonds. The van der Waals surface area contributed by atoms with Gasteiger partial charge in [-0.25, -0.2) is 0 Å². The van der Waals surface area contributed by atoms with E-state index in [2.05, 4.69) is 46.5 Å². The average Bonchev–Trinajstić information content (AvgIpc) is 2.67. The van der Waals surface area contributed by atoms with Crippen LogP contribution in [0.4, 0.5) is 0 Å². The van der Waals surface area contributed by atoms with Gasteiger partial charge in [0.05, 0.1) is 0 Å². The molecule has 1 aromatic rings. The zero-order chi connectivity index (χ0) is 19.3. The molecular formula is C20H35ClIN5S. The van der Waals surface area contributed by atoms with E-state index >= 15 is 0 Å². The fourth-order valence-electron chi connectivity index (χ4n) is 2.92. The summed E-state index contributed by atoms with van der Waals surface area (Å²) in [6.45, 7) is 10.8. The molecule has 0 atom stereocenters. The number of halogens is 2. The molecule has 0 saturated carbocycles. The standard InChI is InChI=1S/C20H34ClN5S.HI/c1-3-22-20(24-11-17-27-19-8-6-18(21)7-9-19)23-10-4-5-12-26-15-13-25(2)14-16-26;/h6-9H,3-5,10-17H2,1-2H3,(H2,22,23,24);1H. The lowest BCUT2D eigenvalue weighted by atomic mass is 10.2. The molecule has 28 heavy (non-hydrogen) atoms. The third-order valence-electron chi connectivity index (χ3n) is 4.57. The Morgan fingerprint density at radius 2 is 1.82 bits per heavy atom. The first-order chi connectivity index (χ1) is 13.2. The van der Waals surface area contributed by atoms with E-state index in [0.29, 0.717) is 0 Å². The van der Waals surface area contributed by atoms with Crippen molar-refractivity contribution in [2.45, 2.75) is 24.7 Å². The van der Waals surface area contributed by atoms with Gasteiger partial charge < -0.3 is 20.4 Å². The summed E-state index contributed by atoms with van der Waals surface area (Å²) in [5.74, 6) is 1.92. The molecule has 0 aliphatic carbocycles. The van der Waals surface area contributed by atoms with Crippen LogP contribution in [0.2, 0.25) is 5.02 Å². The predicted octanol–water partition coefficient (Wildman–Crippen LogP) is 3.63. The fraction of sp³-hybridized carbons (Fsp3) is 0.650. The van der Waals surface area contributed by atoms with Crippen molar-refractivity contribution in [3.8, 4) is 0 Å². The smallest absolute Gasteiger partial charge is 0.191 e. The van der Waals surface area contributed by atoms with E-state index in [4.69, 9.17) is 16.6 Å². The van der Waals surface area contributed by atoms with Gasteiger partial charge in [-0.1, -0.05) is 11.6 Å². The van der Waals surface area contributed by atoms with Crippen LogP contribution in [0, 0.1) is 0 Å². The van der Waals surface area contributed by atoms with E-state index in [-0.39, 0.29) is 24.0 Å². The molecule has 0 spiro atoms. The van der Waals surface area contributed by atoms with Crippen LogP contribution < -0.4 is 10.6 Å². The minimum Gasteiger partial charge on any atom is -0.357 e. The Morgan fingerprint density at radius 1 is 1.11 bits per heavy atom. The first-order valence-corrected chi connectivity index (χ1v) is 11.3. The van der Waals surface area contributed by atoms with Crippen molar-refractivity contribution in [1.82, 2.24) is 20.4 Å². The maximum absolute atomic E-state index is 5.92. The average molecular weight is 540 g/mol. The second-order valence-corrected chi connectivity index (χ2v) is 8.45. The van der Waals surface area contributed by atoms with E-state index in [1.165, 1.54) is 44.0 Å². The topological polar surface area (TPSA) is 42.9 Å². The van der Waals surface area contributed by atoms with E-state index in [9.17, 15) is 0 Å². The van der Waals surface area contributed by atoms with Gasteiger partial charge in [0.25, 0.3) is 0 Å². The number of rotatable bonds is 10. The number of hydrogen-bond acceptors (Lipinski definition) is 4. The molecule has 0 radical (unpaired) electrons. The number of nitrogens with one attached hydrogen (secondary N) is 2. The number of hydrogen-bond donors (Lipinski definition) is 2. The lowest BCUT2D eigenvalue weighted by molar-refractivity contribution is 0.152. The molecule has 2 rings (SSSR count). The number of unbranched alkanes of at least 4 members (excludes halogenated alkanes) is 1. The molecule has 2 N–H and O–H groups in total. The minimum absolute atomic E-state index is 0. The van der Waals surface area contributed by atoms with Crippen LogP contribution in [0.1, 0.15) is 19.8 Å². The maximum atomic E-state index is 5.92. The van der Waals surface area contributed by atoms with Crippen LogP contribution in [0.5, 0.6) is 0 Å². The van der Waals surface area contributed by atoms with E-state index in [1.807, 2.05) is 23.9 Å². The third-order valence-corrected chi connectivity index (χ3v) is 5.84. The number of thioether (sulfide) groups is 1. The molecule has 8 heteroatoms. The van der Waals surface area contributed by atoms with Gasteiger partial charge in [0.15, 0.2) is 5.96 Å². The van der Waals surface area contributed by atoms with E-state index in [1.54, 1.807) is 0 Å². The summed E-state index contributed by atoms with van der Waals surface area (Å²) in [4.78, 5) is 10.9. The summed E-state index contributed by atoms with van der Waals surface area (Å²) in [5.41, 5.74) is 0. The molecule has 1 aliphatic heterocycles. The third kappa shape index (κ3) is 11.1. The Morgan fingerprint density at radius 3 is 2.50 bits per heavy atom. The number of guanidine groups is 1. The monoisotopic (exact) mass is 539 g/mol. The first-order valence-electron chi connectivity index (χ1n) is 9.99. The molecule has 1 fully saturated rings. The molecule has 0 aromatic heterocycles. The predicted molar refractivity (Wildman–Crippen MR) is 135 cm³/mol. The van der Waals surface area contributed by atoms with Crippen LogP contribution in [0.3, 0.4) is 0 Å². The summed E-state index contributed by atoms with van der Waals surface area (Å²) in [5, 5.41) is 7.54. The van der Waals surface area contributed by atoms with Crippen molar-refractivity contribution in [2.24, 2.45) is 4.99 Å². The van der Waals surface area contributed by atoms with Crippen molar-refractivity contribution in [1.29, 1.82) is 0 Å². The Labute approximate surface area is 197 Å². The molecule has 1 aliphatic rings. The first kappa shape index (κ1) is 25.8. The van der Waals surface area contributed by atoms with Crippen molar-refractivity contribution in [3.63, 3.8) is 0 Å². The largest absolute Gasteiger partial charge is 0.357 e. The molecule has 5 nitrogen and oxygen atoms in total. The highest BCUT2D eigenvalue weighted by Gasteiger charge is 2.12. The quantitative estimate of drug-likeness (QED) is 0.156. The second kappa shape index (κ2) is 15.6. The zero-order valence-electron chi connectivity index (χ0n) is 17.1. The second-order valence-electron chi connectivity index (χ2n) is 6.84. The van der Waals surface area contributed by atoms with E-state index < -0.39 is 0 Å². The van der Waals surface area contributed by atoms with Crippen LogP contribution in [-0.2, 0) is 0 Å². The highest BCUT2D eigenvalue weighted by atomic mass is 127. The Kier molecular flexibility index (Phi) is 14.4. The van der Waals surface area contributed by atoms with Gasteiger partial charge in [0, 0.05) is 61.5 Å². The van der Waals surface area contributed by atoms with Crippen LogP contribution in [-0.4, -0.2) is 80.9 Å². The minimum atomic E-state index is 0. The maximum Gasteiger partial charge on any atom is 0.191 e. The van der Waals surface area contributed by atoms with Crippen molar-refractivity contribution in [3.05, 3.63) is 29.3 Å². The number of benzene rings is 1. The van der Waals surface area contributed by atoms with Gasteiger partial charge >= 0.3 is 0 Å². The number of nitrogens with zero attached hydrogens (tertiary/aromatic N) is 3. The number of likely N-dealkylation sites (N-methyl/N-ethyl adjacent to an activating group) is 1. The molecule has 1 heterocycles. The van der Waals surface area contributed by atoms with E-state index in [0.717, 1.165) is 42.8 Å².